The van der Waals surface area contributed by atoms with E-state index >= 15 is 0 Å². The van der Waals surface area contributed by atoms with Gasteiger partial charge in [0.1, 0.15) is 12.9 Å². The predicted molar refractivity (Wildman–Crippen MR) is 74.9 cm³/mol. The first-order valence-electron chi connectivity index (χ1n) is 6.25. The van der Waals surface area contributed by atoms with Crippen LogP contribution < -0.4 is 0 Å². The summed E-state index contributed by atoms with van der Waals surface area (Å²) in [4.78, 5) is 25.8. The van der Waals surface area contributed by atoms with Crippen LogP contribution in [0.1, 0.15) is 26.3 Å². The maximum absolute atomic E-state index is 11.5. The van der Waals surface area contributed by atoms with Crippen molar-refractivity contribution in [2.45, 2.75) is 6.92 Å². The number of carboxylic acid groups (broad SMARTS) is 1. The molecule has 0 fully saturated rings. The van der Waals surface area contributed by atoms with E-state index in [1.54, 1.807) is 6.92 Å². The second kappa shape index (κ2) is 8.42. The molecule has 0 bridgehead atoms. The number of rotatable bonds is 4. The van der Waals surface area contributed by atoms with Gasteiger partial charge in [0.25, 0.3) is 0 Å². The van der Waals surface area contributed by atoms with Gasteiger partial charge < -0.3 is 20.2 Å². The van der Waals surface area contributed by atoms with Gasteiger partial charge in [0.15, 0.2) is 0 Å². The molecule has 8 heteroatoms. The molecular weight excluding hydrogens is 292 g/mol. The van der Waals surface area contributed by atoms with Crippen LogP contribution in [0.15, 0.2) is 36.9 Å². The highest BCUT2D eigenvalue weighted by atomic mass is 16.5. The van der Waals surface area contributed by atoms with E-state index in [-0.39, 0.29) is 24.3 Å². The van der Waals surface area contributed by atoms with E-state index in [4.69, 9.17) is 20.2 Å². The summed E-state index contributed by atoms with van der Waals surface area (Å²) in [5, 5.41) is 25.7. The number of aliphatic hydroxyl groups is 1. The Bertz CT molecular complexity index is 624. The van der Waals surface area contributed by atoms with Crippen LogP contribution in [0.4, 0.5) is 0 Å². The van der Waals surface area contributed by atoms with Gasteiger partial charge in [0, 0.05) is 6.20 Å². The van der Waals surface area contributed by atoms with Gasteiger partial charge in [-0.05, 0) is 24.6 Å². The van der Waals surface area contributed by atoms with Crippen molar-refractivity contribution in [3.63, 3.8) is 0 Å². The highest BCUT2D eigenvalue weighted by Gasteiger charge is 2.15. The average molecular weight is 308 g/mol. The van der Waals surface area contributed by atoms with Crippen molar-refractivity contribution < 1.29 is 29.7 Å². The third kappa shape index (κ3) is 4.91. The maximum atomic E-state index is 11.5. The Hall–Kier alpha value is -2.87. The van der Waals surface area contributed by atoms with Crippen LogP contribution in [0, 0.1) is 6.92 Å². The Morgan fingerprint density at radius 2 is 2.00 bits per heavy atom. The van der Waals surface area contributed by atoms with Gasteiger partial charge >= 0.3 is 11.9 Å². The van der Waals surface area contributed by atoms with Gasteiger partial charge in [0.2, 0.25) is 0 Å². The molecule has 2 aromatic rings. The number of carboxylic acids is 1. The Morgan fingerprint density at radius 3 is 2.45 bits per heavy atom. The summed E-state index contributed by atoms with van der Waals surface area (Å²) in [6.45, 7) is 1.18. The molecule has 0 saturated heterocycles. The minimum atomic E-state index is -1.09. The van der Waals surface area contributed by atoms with Gasteiger partial charge in [-0.25, -0.2) is 14.6 Å². The van der Waals surface area contributed by atoms with E-state index in [0.29, 0.717) is 5.56 Å². The zero-order valence-electron chi connectivity index (χ0n) is 11.8. The molecule has 3 N–H and O–H groups in total. The number of carbonyl (C=O) groups is 2. The van der Waals surface area contributed by atoms with E-state index < -0.39 is 11.9 Å². The number of hydrogen-bond acceptors (Lipinski definition) is 6. The molecule has 8 nitrogen and oxygen atoms in total. The van der Waals surface area contributed by atoms with Gasteiger partial charge in [0.05, 0.1) is 23.9 Å². The molecule has 0 aliphatic heterocycles. The number of aromatic nitrogens is 2. The number of aliphatic hydroxyl groups excluding tert-OH is 1. The predicted octanol–water partition coefficient (Wildman–Crippen LogP) is 0.963. The molecule has 0 spiro atoms. The Morgan fingerprint density at radius 1 is 1.32 bits per heavy atom. The Labute approximate surface area is 126 Å². The summed E-state index contributed by atoms with van der Waals surface area (Å²) in [6, 6.07) is 4.38. The smallest absolute Gasteiger partial charge is 0.338 e. The third-order valence-electron chi connectivity index (χ3n) is 2.60. The number of ether oxygens (including phenoxy) is 1. The fourth-order valence-electron chi connectivity index (χ4n) is 1.56. The minimum absolute atomic E-state index is 0.0680. The van der Waals surface area contributed by atoms with Crippen LogP contribution >= 0.6 is 0 Å². The van der Waals surface area contributed by atoms with E-state index in [2.05, 4.69) is 4.98 Å². The summed E-state index contributed by atoms with van der Waals surface area (Å²) in [7, 11) is 0. The van der Waals surface area contributed by atoms with Crippen molar-refractivity contribution in [1.82, 2.24) is 9.71 Å². The van der Waals surface area contributed by atoms with Gasteiger partial charge in [-0.2, -0.15) is 4.73 Å². The molecule has 0 aliphatic carbocycles. The standard InChI is InChI=1S/C11H12O5.C3H4N2O/c1-7-8(10(13)14)3-2-4-9(7)11(15)16-6-5-12;6-5-2-1-4-3-5/h2-4,12H,5-6H2,1H3,(H,13,14);1-3,6H. The molecule has 1 heterocycles. The molecule has 0 saturated carbocycles. The number of esters is 1. The molecule has 22 heavy (non-hydrogen) atoms. The lowest BCUT2D eigenvalue weighted by Crippen LogP contribution is -2.12. The molecule has 118 valence electrons. The fraction of sp³-hybridized carbons (Fsp3) is 0.214. The number of hydrogen-bond donors (Lipinski definition) is 3. The molecule has 0 atom stereocenters. The van der Waals surface area contributed by atoms with Crippen molar-refractivity contribution in [1.29, 1.82) is 0 Å². The molecule has 1 aromatic carbocycles. The number of imidazole rings is 1. The van der Waals surface area contributed by atoms with Crippen molar-refractivity contribution in [2.75, 3.05) is 13.2 Å². The molecule has 0 aliphatic rings. The molecule has 0 amide bonds. The van der Waals surface area contributed by atoms with E-state index in [1.807, 2.05) is 0 Å². The first-order valence-corrected chi connectivity index (χ1v) is 6.25. The summed E-state index contributed by atoms with van der Waals surface area (Å²) < 4.78 is 5.60. The van der Waals surface area contributed by atoms with Crippen LogP contribution in [-0.2, 0) is 4.74 Å². The highest BCUT2D eigenvalue weighted by Crippen LogP contribution is 2.14. The van der Waals surface area contributed by atoms with Crippen molar-refractivity contribution in [3.05, 3.63) is 53.6 Å². The number of aromatic carboxylic acids is 1. The van der Waals surface area contributed by atoms with E-state index in [0.717, 1.165) is 4.73 Å². The van der Waals surface area contributed by atoms with Crippen molar-refractivity contribution in [3.8, 4) is 0 Å². The van der Waals surface area contributed by atoms with Crippen molar-refractivity contribution >= 4 is 11.9 Å². The normalized spacial score (nSPS) is 9.55. The quantitative estimate of drug-likeness (QED) is 0.568. The lowest BCUT2D eigenvalue weighted by molar-refractivity contribution is 0.0433. The monoisotopic (exact) mass is 308 g/mol. The lowest BCUT2D eigenvalue weighted by Gasteiger charge is -2.07. The maximum Gasteiger partial charge on any atom is 0.338 e. The number of benzene rings is 1. The van der Waals surface area contributed by atoms with Gasteiger partial charge in [-0.3, -0.25) is 0 Å². The number of carbonyl (C=O) groups excluding carboxylic acids is 1. The molecule has 0 unspecified atom stereocenters. The summed E-state index contributed by atoms with van der Waals surface area (Å²) in [6.07, 6.45) is 4.25. The molecule has 2 rings (SSSR count). The molecule has 1 aromatic heterocycles. The lowest BCUT2D eigenvalue weighted by atomic mass is 10.0. The van der Waals surface area contributed by atoms with E-state index in [9.17, 15) is 9.59 Å². The van der Waals surface area contributed by atoms with Crippen LogP contribution in [0.5, 0.6) is 0 Å². The van der Waals surface area contributed by atoms with Crippen molar-refractivity contribution in [2.24, 2.45) is 0 Å². The van der Waals surface area contributed by atoms with Crippen LogP contribution in [0.3, 0.4) is 0 Å². The molecular formula is C14H16N2O6. The molecule has 0 radical (unpaired) electrons. The first-order chi connectivity index (χ1) is 10.5. The minimum Gasteiger partial charge on any atom is -0.478 e. The zero-order chi connectivity index (χ0) is 16.5. The van der Waals surface area contributed by atoms with Crippen LogP contribution in [0.25, 0.3) is 0 Å². The Balaban J connectivity index is 0.000000335. The first kappa shape index (κ1) is 17.2. The summed E-state index contributed by atoms with van der Waals surface area (Å²) in [5.74, 6) is -1.72. The second-order valence-corrected chi connectivity index (χ2v) is 4.09. The van der Waals surface area contributed by atoms with Crippen LogP contribution in [-0.4, -0.2) is 50.3 Å². The topological polar surface area (TPSA) is 122 Å². The zero-order valence-corrected chi connectivity index (χ0v) is 11.8. The Kier molecular flexibility index (Phi) is 6.58. The summed E-state index contributed by atoms with van der Waals surface area (Å²) >= 11 is 0. The SMILES string of the molecule is Cc1c(C(=O)O)cccc1C(=O)OCCO.On1ccnc1. The van der Waals surface area contributed by atoms with Gasteiger partial charge in [-0.1, -0.05) is 6.07 Å². The average Bonchev–Trinajstić information content (AvgIpc) is 2.96. The largest absolute Gasteiger partial charge is 0.478 e. The fourth-order valence-corrected chi connectivity index (χ4v) is 1.56. The third-order valence-corrected chi connectivity index (χ3v) is 2.60. The van der Waals surface area contributed by atoms with Gasteiger partial charge in [-0.15, -0.1) is 0 Å². The number of nitrogens with zero attached hydrogens (tertiary/aromatic N) is 2. The van der Waals surface area contributed by atoms with Crippen LogP contribution in [0.2, 0.25) is 0 Å². The summed E-state index contributed by atoms with van der Waals surface area (Å²) in [5.41, 5.74) is 0.629. The highest BCUT2D eigenvalue weighted by molar-refractivity contribution is 5.97. The van der Waals surface area contributed by atoms with E-state index in [1.165, 1.54) is 36.9 Å². The second-order valence-electron chi connectivity index (χ2n) is 4.09.